The molecule has 10 aromatic heterocycles. The van der Waals surface area contributed by atoms with Crippen LogP contribution in [0.15, 0.2) is 183 Å². The van der Waals surface area contributed by atoms with Crippen molar-refractivity contribution in [3.8, 4) is 84.4 Å². The number of nitrogens with zero attached hydrogens (tertiary/aromatic N) is 20. The first-order chi connectivity index (χ1) is 70.5. The van der Waals surface area contributed by atoms with Crippen LogP contribution in [0.3, 0.4) is 0 Å². The summed E-state index contributed by atoms with van der Waals surface area (Å²) in [6.45, 7) is 40.0. The Balaban J connectivity index is 0.000000114. The number of rotatable bonds is 10. The van der Waals surface area contributed by atoms with Crippen LogP contribution in [0.2, 0.25) is 0 Å². The van der Waals surface area contributed by atoms with Gasteiger partial charge in [0.15, 0.2) is 34.0 Å². The predicted octanol–water partition coefficient (Wildman–Crippen LogP) is 16.6. The van der Waals surface area contributed by atoms with Crippen LogP contribution >= 0.6 is 0 Å². The lowest BCUT2D eigenvalue weighted by molar-refractivity contribution is -0.184. The summed E-state index contributed by atoms with van der Waals surface area (Å²) < 4.78 is 62.5. The molecule has 1 saturated carbocycles. The Morgan fingerprint density at radius 1 is 0.361 bits per heavy atom. The van der Waals surface area contributed by atoms with Crippen molar-refractivity contribution in [1.82, 2.24) is 97.5 Å². The first-order valence-corrected chi connectivity index (χ1v) is 51.7. The van der Waals surface area contributed by atoms with Crippen LogP contribution in [-0.4, -0.2) is 306 Å². The number of unbranched alkanes of at least 4 members (excludes halogenated alkanes) is 1. The highest BCUT2D eigenvalue weighted by Gasteiger charge is 2.42. The largest absolute Gasteiger partial charge is 0.492 e. The van der Waals surface area contributed by atoms with Crippen molar-refractivity contribution >= 4 is 57.3 Å². The smallest absolute Gasteiger partial charge is 0.168 e. The molecule has 15 aromatic rings. The third kappa shape index (κ3) is 25.2. The Kier molecular flexibility index (Phi) is 32.9. The summed E-state index contributed by atoms with van der Waals surface area (Å²) >= 11 is 0. The number of nitrogens with one attached hydrogen (secondary N) is 5. The lowest BCUT2D eigenvalue weighted by atomic mass is 9.89. The van der Waals surface area contributed by atoms with Gasteiger partial charge in [-0.1, -0.05) is 50.6 Å². The molecule has 0 radical (unpaired) electrons. The van der Waals surface area contributed by atoms with Crippen LogP contribution in [0.25, 0.3) is 83.9 Å². The average molecular weight is 1960 g/mol. The van der Waals surface area contributed by atoms with E-state index in [0.29, 0.717) is 51.2 Å². The van der Waals surface area contributed by atoms with Crippen LogP contribution in [0, 0.1) is 34.6 Å². The molecule has 2 saturated heterocycles. The number of aryl methyl sites for hydroxylation is 5. The number of fused-ring (bicyclic) bond motifs is 20. The lowest BCUT2D eigenvalue weighted by Crippen LogP contribution is -2.46. The number of ether oxygens (including phenoxy) is 9. The summed E-state index contributed by atoms with van der Waals surface area (Å²) in [6, 6.07) is 43.2. The Bertz CT molecular complexity index is 6780. The summed E-state index contributed by atoms with van der Waals surface area (Å²) in [5, 5.41) is 39.7. The quantitative estimate of drug-likeness (QED) is 0.0849. The molecule has 758 valence electrons. The molecule has 34 nitrogen and oxygen atoms in total. The second-order valence-corrected chi connectivity index (χ2v) is 38.7. The molecule has 1 spiro atoms. The fraction of sp³-hybridized carbons (Fsp3) is 0.455. The standard InChI is InChI=1S/C25H31N5O3.C22H27N5O2.C21H27N5O2.2C21H27N5O/c1-18-14-19-16-21(15-18)31-11-10-29(20-2-5-25(6-3-20)32-12-13-33-25)9-7-26-23-4-8-30-24(28-23)22(19)17-27-30;1-16-12-17-14-19(13-16)29-11-8-26(18-3-9-28-10-4-18)7-5-23-21-2-6-27-22(25-21)20(17)15-24-27;1-16-12-17-14-18(13-16)28-11-9-25(8-10-27-2)6-3-5-22-20-4-7-26-21(24-20)19(17)15-23-26;1-4-16(3)25-8-6-22-20-5-7-26-21(24-20)19(14-23-26)17-11-15(2)12-18(13-17)27-10-9-25;1-3-4-7-25-9-6-22-20-5-8-26-21(24-20)19(15-23-26)17-12-16(2)13-18(14-17)27-11-10-25/h4,8,14-17,20H,2-3,5-7,9-13H2,1H3,(H,26,28);2,6,12-15,18H,3-5,7-11H2,1H3,(H,23,25);4,7,12-15H,3,5-6,8-11H2,1-2H3,(H,22,24);5,7,11-14,16H,4,6,8-10H2,1-3H3,(H,22,24);5,8,12-15H,3-4,6-7,9-11H2,1-2H3,(H,22,24). The predicted molar refractivity (Wildman–Crippen MR) is 565 cm³/mol. The van der Waals surface area contributed by atoms with Crippen LogP contribution in [0.4, 0.5) is 29.1 Å². The molecular weight excluding hydrogens is 1820 g/mol. The normalized spacial score (nSPS) is 17.8. The van der Waals surface area contributed by atoms with E-state index in [9.17, 15) is 0 Å². The zero-order valence-electron chi connectivity index (χ0n) is 84.8. The van der Waals surface area contributed by atoms with Crippen molar-refractivity contribution in [1.29, 1.82) is 0 Å². The SMILES string of the molecule is CCC(C)N1CCNc2ccn3ncc(c3n2)-c2cc(C)cc(c2)OCC1.CCCCN1CCNc2ccn3ncc(c3n2)-c2cc(C)cc(c2)OCC1.COCCN1CCCNc2ccn3ncc(c3n2)-c2cc(C)cc(c2)OCC1.Cc1cc2cc(c1)-c1cnn3ccc(nc13)NCCN(C1CCC3(CC1)OCCO3)CCO2.Cc1cc2cc(c1)-c1cnn3ccc(nc13)NCCN(C1CCOCC1)CCO2. The molecule has 7 aliphatic heterocycles. The van der Waals surface area contributed by atoms with Gasteiger partial charge in [0.1, 0.15) is 90.9 Å². The second kappa shape index (κ2) is 47.6. The zero-order chi connectivity index (χ0) is 98.7. The van der Waals surface area contributed by atoms with Crippen LogP contribution in [0.1, 0.15) is 113 Å². The van der Waals surface area contributed by atoms with E-state index in [2.05, 4.69) is 223 Å². The van der Waals surface area contributed by atoms with Gasteiger partial charge in [-0.25, -0.2) is 47.5 Å². The Morgan fingerprint density at radius 3 is 1.06 bits per heavy atom. The monoisotopic (exact) mass is 1950 g/mol. The van der Waals surface area contributed by atoms with Gasteiger partial charge in [0.25, 0.3) is 0 Å². The first-order valence-electron chi connectivity index (χ1n) is 51.7. The van der Waals surface area contributed by atoms with E-state index in [1.807, 2.05) is 115 Å². The highest BCUT2D eigenvalue weighted by Crippen LogP contribution is 2.40. The van der Waals surface area contributed by atoms with E-state index in [1.54, 1.807) is 7.11 Å². The van der Waals surface area contributed by atoms with Gasteiger partial charge < -0.3 is 69.2 Å². The highest BCUT2D eigenvalue weighted by atomic mass is 16.7. The van der Waals surface area contributed by atoms with E-state index in [1.165, 1.54) is 29.5 Å². The van der Waals surface area contributed by atoms with Crippen molar-refractivity contribution < 1.29 is 42.6 Å². The maximum absolute atomic E-state index is 6.25. The molecule has 5 N–H and O–H groups in total. The average Bonchev–Trinajstić information content (AvgIpc) is 1.66. The van der Waals surface area contributed by atoms with Crippen molar-refractivity contribution in [3.63, 3.8) is 0 Å². The zero-order valence-corrected chi connectivity index (χ0v) is 84.8. The van der Waals surface area contributed by atoms with Crippen molar-refractivity contribution in [2.75, 3.05) is 211 Å². The van der Waals surface area contributed by atoms with Gasteiger partial charge in [0, 0.05) is 215 Å². The van der Waals surface area contributed by atoms with Gasteiger partial charge in [-0.3, -0.25) is 24.5 Å². The van der Waals surface area contributed by atoms with Crippen LogP contribution in [-0.2, 0) is 18.9 Å². The van der Waals surface area contributed by atoms with Gasteiger partial charge >= 0.3 is 0 Å². The summed E-state index contributed by atoms with van der Waals surface area (Å²) in [4.78, 5) is 36.5. The van der Waals surface area contributed by atoms with Gasteiger partial charge in [0.2, 0.25) is 0 Å². The topological polar surface area (TPSA) is 310 Å². The minimum absolute atomic E-state index is 0.325. The van der Waals surface area contributed by atoms with Gasteiger partial charge in [0.05, 0.1) is 50.8 Å². The molecule has 5 aromatic carbocycles. The van der Waals surface area contributed by atoms with E-state index in [4.69, 9.17) is 67.6 Å². The molecule has 0 amide bonds. The Morgan fingerprint density at radius 2 is 0.694 bits per heavy atom. The Labute approximate surface area is 842 Å². The van der Waals surface area contributed by atoms with E-state index in [-0.39, 0.29) is 5.79 Å². The minimum atomic E-state index is -0.325. The van der Waals surface area contributed by atoms with E-state index in [0.717, 1.165) is 348 Å². The van der Waals surface area contributed by atoms with Crippen LogP contribution in [0.5, 0.6) is 28.7 Å². The molecule has 1 unspecified atom stereocenters. The third-order valence-electron chi connectivity index (χ3n) is 28.2. The number of hydrogen-bond acceptors (Lipinski definition) is 29. The molecule has 17 heterocycles. The maximum atomic E-state index is 6.25. The summed E-state index contributed by atoms with van der Waals surface area (Å²) in [6.07, 6.45) is 30.0. The van der Waals surface area contributed by atoms with Crippen molar-refractivity contribution in [3.05, 3.63) is 211 Å². The van der Waals surface area contributed by atoms with E-state index < -0.39 is 0 Å². The van der Waals surface area contributed by atoms with Crippen molar-refractivity contribution in [2.45, 2.75) is 144 Å². The molecule has 34 heteroatoms. The summed E-state index contributed by atoms with van der Waals surface area (Å²) in [7, 11) is 1.74. The lowest BCUT2D eigenvalue weighted by Gasteiger charge is -2.40. The van der Waals surface area contributed by atoms with Crippen molar-refractivity contribution in [2.24, 2.45) is 0 Å². The number of hydrogen-bond donors (Lipinski definition) is 5. The molecule has 3 fully saturated rings. The molecule has 8 aliphatic rings. The first kappa shape index (κ1) is 99.6. The molecule has 1 atom stereocenters. The molecule has 1 aliphatic carbocycles. The highest BCUT2D eigenvalue weighted by molar-refractivity contribution is 5.83. The number of aromatic nitrogens is 15. The molecular formula is C110H139N25O9. The second-order valence-electron chi connectivity index (χ2n) is 38.7. The van der Waals surface area contributed by atoms with Crippen LogP contribution < -0.4 is 50.3 Å². The molecule has 23 rings (SSSR count). The number of methoxy groups -OCH3 is 1. The fourth-order valence-corrected chi connectivity index (χ4v) is 20.3. The van der Waals surface area contributed by atoms with Gasteiger partial charge in [-0.2, -0.15) is 25.5 Å². The van der Waals surface area contributed by atoms with Gasteiger partial charge in [-0.05, 0) is 240 Å². The van der Waals surface area contributed by atoms with Gasteiger partial charge in [-0.15, -0.1) is 0 Å². The third-order valence-corrected chi connectivity index (χ3v) is 28.2. The number of anilines is 5. The minimum Gasteiger partial charge on any atom is -0.492 e. The molecule has 144 heavy (non-hydrogen) atoms. The fourth-order valence-electron chi connectivity index (χ4n) is 20.3. The summed E-state index contributed by atoms with van der Waals surface area (Å²) in [5.74, 6) is 8.56. The van der Waals surface area contributed by atoms with E-state index >= 15 is 0 Å². The Hall–Kier alpha value is -13.2. The molecule has 20 bridgehead atoms. The maximum Gasteiger partial charge on any atom is 0.168 e. The number of benzene rings is 5. The summed E-state index contributed by atoms with van der Waals surface area (Å²) in [5.41, 5.74) is 20.6.